The molecule has 0 heterocycles. The van der Waals surface area contributed by atoms with E-state index in [1.165, 1.54) is 7.11 Å². The van der Waals surface area contributed by atoms with Crippen LogP contribution in [0.2, 0.25) is 0 Å². The number of hydrogen-bond acceptors (Lipinski definition) is 4. The molecular formula is C10H15NO3. The number of hydrogen-bond donors (Lipinski definition) is 1. The Balaban J connectivity index is 2.09. The summed E-state index contributed by atoms with van der Waals surface area (Å²) < 4.78 is 4.74. The molecule has 2 aliphatic rings. The van der Waals surface area contributed by atoms with Gasteiger partial charge in [-0.15, -0.1) is 0 Å². The Labute approximate surface area is 82.9 Å². The second-order valence-electron chi connectivity index (χ2n) is 4.19. The zero-order valence-corrected chi connectivity index (χ0v) is 8.27. The van der Waals surface area contributed by atoms with Crippen LogP contribution in [0.1, 0.15) is 25.7 Å². The quantitative estimate of drug-likeness (QED) is 0.393. The van der Waals surface area contributed by atoms with Crippen molar-refractivity contribution in [1.82, 2.24) is 0 Å². The average Bonchev–Trinajstić information content (AvgIpc) is 2.46. The first-order valence-corrected chi connectivity index (χ1v) is 5.06. The van der Waals surface area contributed by atoms with E-state index in [0.717, 1.165) is 31.4 Å². The van der Waals surface area contributed by atoms with E-state index in [1.54, 1.807) is 0 Å². The minimum absolute atomic E-state index is 0.0167. The molecule has 0 aromatic rings. The molecule has 0 aliphatic heterocycles. The topological polar surface area (TPSA) is 58.9 Å². The maximum Gasteiger partial charge on any atom is 0.308 e. The lowest BCUT2D eigenvalue weighted by Crippen LogP contribution is -2.31. The van der Waals surface area contributed by atoms with Crippen LogP contribution in [0.3, 0.4) is 0 Å². The van der Waals surface area contributed by atoms with Gasteiger partial charge in [-0.05, 0) is 25.7 Å². The minimum atomic E-state index is -0.112. The number of oxime groups is 1. The third-order valence-electron chi connectivity index (χ3n) is 3.49. The molecule has 0 unspecified atom stereocenters. The fraction of sp³-hybridized carbons (Fsp3) is 0.800. The van der Waals surface area contributed by atoms with Crippen LogP contribution >= 0.6 is 0 Å². The molecule has 0 saturated heterocycles. The highest BCUT2D eigenvalue weighted by molar-refractivity contribution is 5.92. The normalized spacial score (nSPS) is 35.5. The predicted octanol–water partition coefficient (Wildman–Crippen LogP) is 1.43. The number of rotatable bonds is 1. The number of nitrogens with zero attached hydrogens (tertiary/aromatic N) is 1. The maximum absolute atomic E-state index is 11.4. The number of esters is 1. The predicted molar refractivity (Wildman–Crippen MR) is 50.2 cm³/mol. The SMILES string of the molecule is COC(=O)C1C[C@H]2CC[C@H](C1)C2=NO. The number of methoxy groups -OCH3 is 1. The lowest BCUT2D eigenvalue weighted by molar-refractivity contribution is -0.146. The summed E-state index contributed by atoms with van der Waals surface area (Å²) in [5.74, 6) is 0.521. The molecule has 2 atom stereocenters. The van der Waals surface area contributed by atoms with Crippen molar-refractivity contribution < 1.29 is 14.7 Å². The molecule has 0 spiro atoms. The zero-order valence-electron chi connectivity index (χ0n) is 8.27. The summed E-state index contributed by atoms with van der Waals surface area (Å²) in [6.07, 6.45) is 3.69. The summed E-state index contributed by atoms with van der Waals surface area (Å²) >= 11 is 0. The van der Waals surface area contributed by atoms with Crippen molar-refractivity contribution in [3.8, 4) is 0 Å². The second-order valence-corrected chi connectivity index (χ2v) is 4.19. The van der Waals surface area contributed by atoms with E-state index in [0.29, 0.717) is 11.8 Å². The van der Waals surface area contributed by atoms with E-state index >= 15 is 0 Å². The molecule has 0 aromatic heterocycles. The molecule has 2 rings (SSSR count). The molecule has 2 aliphatic carbocycles. The summed E-state index contributed by atoms with van der Waals surface area (Å²) in [4.78, 5) is 11.4. The van der Waals surface area contributed by atoms with Gasteiger partial charge in [-0.3, -0.25) is 4.79 Å². The Morgan fingerprint density at radius 3 is 2.43 bits per heavy atom. The fourth-order valence-corrected chi connectivity index (χ4v) is 2.81. The largest absolute Gasteiger partial charge is 0.469 e. The number of fused-ring (bicyclic) bond motifs is 2. The second kappa shape index (κ2) is 3.59. The summed E-state index contributed by atoms with van der Waals surface area (Å²) in [7, 11) is 1.43. The zero-order chi connectivity index (χ0) is 10.1. The van der Waals surface area contributed by atoms with E-state index < -0.39 is 0 Å². The summed E-state index contributed by atoms with van der Waals surface area (Å²) in [6.45, 7) is 0. The molecular weight excluding hydrogens is 182 g/mol. The van der Waals surface area contributed by atoms with E-state index in [4.69, 9.17) is 9.94 Å². The first kappa shape index (κ1) is 9.49. The van der Waals surface area contributed by atoms with Crippen LogP contribution in [-0.4, -0.2) is 24.0 Å². The molecule has 4 heteroatoms. The van der Waals surface area contributed by atoms with E-state index in [9.17, 15) is 4.79 Å². The van der Waals surface area contributed by atoms with Gasteiger partial charge in [0.25, 0.3) is 0 Å². The third-order valence-corrected chi connectivity index (χ3v) is 3.49. The van der Waals surface area contributed by atoms with Crippen LogP contribution in [0.15, 0.2) is 5.16 Å². The molecule has 2 bridgehead atoms. The van der Waals surface area contributed by atoms with Crippen LogP contribution in [0, 0.1) is 17.8 Å². The van der Waals surface area contributed by atoms with E-state index in [2.05, 4.69) is 5.16 Å². The first-order valence-electron chi connectivity index (χ1n) is 5.06. The van der Waals surface area contributed by atoms with Gasteiger partial charge in [-0.2, -0.15) is 0 Å². The van der Waals surface area contributed by atoms with Crippen LogP contribution in [0.25, 0.3) is 0 Å². The van der Waals surface area contributed by atoms with Gasteiger partial charge in [0.2, 0.25) is 0 Å². The summed E-state index contributed by atoms with van der Waals surface area (Å²) in [5, 5.41) is 12.2. The number of carbonyl (C=O) groups excluding carboxylic acids is 1. The van der Waals surface area contributed by atoms with Crippen molar-refractivity contribution in [2.24, 2.45) is 22.9 Å². The Morgan fingerprint density at radius 2 is 2.00 bits per heavy atom. The van der Waals surface area contributed by atoms with Gasteiger partial charge in [-0.1, -0.05) is 5.16 Å². The lowest BCUT2D eigenvalue weighted by atomic mass is 9.79. The molecule has 14 heavy (non-hydrogen) atoms. The van der Waals surface area contributed by atoms with Crippen molar-refractivity contribution in [1.29, 1.82) is 0 Å². The smallest absolute Gasteiger partial charge is 0.308 e. The van der Waals surface area contributed by atoms with E-state index in [1.807, 2.05) is 0 Å². The van der Waals surface area contributed by atoms with Gasteiger partial charge in [0.05, 0.1) is 18.7 Å². The minimum Gasteiger partial charge on any atom is -0.469 e. The van der Waals surface area contributed by atoms with Crippen LogP contribution in [0.5, 0.6) is 0 Å². The van der Waals surface area contributed by atoms with Gasteiger partial charge >= 0.3 is 5.97 Å². The highest BCUT2D eigenvalue weighted by atomic mass is 16.5. The Hall–Kier alpha value is -1.06. The number of ether oxygens (including phenoxy) is 1. The Kier molecular flexibility index (Phi) is 2.44. The highest BCUT2D eigenvalue weighted by Gasteiger charge is 2.42. The van der Waals surface area contributed by atoms with Crippen molar-refractivity contribution in [3.63, 3.8) is 0 Å². The summed E-state index contributed by atoms with van der Waals surface area (Å²) in [6, 6.07) is 0. The van der Waals surface area contributed by atoms with Crippen LogP contribution in [0.4, 0.5) is 0 Å². The molecule has 0 amide bonds. The number of carbonyl (C=O) groups is 1. The molecule has 2 saturated carbocycles. The molecule has 78 valence electrons. The molecule has 0 radical (unpaired) electrons. The summed E-state index contributed by atoms with van der Waals surface area (Å²) in [5.41, 5.74) is 0.908. The molecule has 0 aromatic carbocycles. The molecule has 2 fully saturated rings. The Morgan fingerprint density at radius 1 is 1.43 bits per heavy atom. The average molecular weight is 197 g/mol. The van der Waals surface area contributed by atoms with Gasteiger partial charge in [0.1, 0.15) is 0 Å². The van der Waals surface area contributed by atoms with Gasteiger partial charge in [-0.25, -0.2) is 0 Å². The molecule has 1 N–H and O–H groups in total. The van der Waals surface area contributed by atoms with Crippen LogP contribution in [-0.2, 0) is 9.53 Å². The Bertz CT molecular complexity index is 259. The lowest BCUT2D eigenvalue weighted by Gasteiger charge is -2.26. The standard InChI is InChI=1S/C10H15NO3/c1-14-10(12)8-4-6-2-3-7(5-8)9(6)11-13/h6-8,13H,2-5H2,1H3/t6-,7-,8?/m1/s1. The third kappa shape index (κ3) is 1.38. The molecule has 4 nitrogen and oxygen atoms in total. The van der Waals surface area contributed by atoms with Crippen molar-refractivity contribution >= 4 is 11.7 Å². The highest BCUT2D eigenvalue weighted by Crippen LogP contribution is 2.43. The van der Waals surface area contributed by atoms with Gasteiger partial charge in [0, 0.05) is 11.8 Å². The fourth-order valence-electron chi connectivity index (χ4n) is 2.81. The maximum atomic E-state index is 11.4. The van der Waals surface area contributed by atoms with Crippen LogP contribution < -0.4 is 0 Å². The van der Waals surface area contributed by atoms with Gasteiger partial charge < -0.3 is 9.94 Å². The first-order chi connectivity index (χ1) is 6.76. The van der Waals surface area contributed by atoms with Gasteiger partial charge in [0.15, 0.2) is 0 Å². The van der Waals surface area contributed by atoms with Crippen molar-refractivity contribution in [2.45, 2.75) is 25.7 Å². The monoisotopic (exact) mass is 197 g/mol. The van der Waals surface area contributed by atoms with E-state index in [-0.39, 0.29) is 11.9 Å². The van der Waals surface area contributed by atoms with Crippen molar-refractivity contribution in [3.05, 3.63) is 0 Å². The van der Waals surface area contributed by atoms with Crippen molar-refractivity contribution in [2.75, 3.05) is 7.11 Å².